The van der Waals surface area contributed by atoms with E-state index in [1.54, 1.807) is 26.0 Å². The lowest BCUT2D eigenvalue weighted by molar-refractivity contribution is 0.0474. The van der Waals surface area contributed by atoms with Crippen molar-refractivity contribution in [2.24, 2.45) is 7.05 Å². The number of aryl methyl sites for hydroxylation is 1. The van der Waals surface area contributed by atoms with E-state index in [0.717, 1.165) is 5.52 Å². The van der Waals surface area contributed by atoms with E-state index in [9.17, 15) is 9.59 Å². The topological polar surface area (TPSA) is 70.4 Å². The van der Waals surface area contributed by atoms with Crippen LogP contribution in [0, 0.1) is 0 Å². The first-order valence-corrected chi connectivity index (χ1v) is 6.38. The third kappa shape index (κ3) is 2.49. The van der Waals surface area contributed by atoms with Gasteiger partial charge in [-0.3, -0.25) is 0 Å². The summed E-state index contributed by atoms with van der Waals surface area (Å²) < 4.78 is 11.7. The Bertz CT molecular complexity index is 660. The van der Waals surface area contributed by atoms with Crippen molar-refractivity contribution in [3.05, 3.63) is 29.6 Å². The monoisotopic (exact) mass is 276 g/mol. The quantitative estimate of drug-likeness (QED) is 0.798. The van der Waals surface area contributed by atoms with E-state index in [0.29, 0.717) is 5.52 Å². The van der Waals surface area contributed by atoms with Gasteiger partial charge in [0.15, 0.2) is 5.69 Å². The van der Waals surface area contributed by atoms with Crippen LogP contribution in [0.2, 0.25) is 0 Å². The van der Waals surface area contributed by atoms with E-state index in [1.165, 1.54) is 0 Å². The van der Waals surface area contributed by atoms with Crippen molar-refractivity contribution < 1.29 is 19.1 Å². The molecule has 0 fully saturated rings. The zero-order valence-corrected chi connectivity index (χ0v) is 11.7. The summed E-state index contributed by atoms with van der Waals surface area (Å²) in [6, 6.07) is 3.37. The Morgan fingerprint density at radius 1 is 1.20 bits per heavy atom. The first-order valence-electron chi connectivity index (χ1n) is 6.38. The number of hydrogen-bond donors (Lipinski definition) is 0. The van der Waals surface area contributed by atoms with E-state index in [2.05, 4.69) is 4.98 Å². The van der Waals surface area contributed by atoms with Crippen LogP contribution < -0.4 is 0 Å². The molecule has 0 aliphatic rings. The molecular formula is C14H16N2O4. The SMILES string of the molecule is CCOC(=O)c1cc2c(ccn2C)nc1C(=O)OCC. The maximum Gasteiger partial charge on any atom is 0.357 e. The van der Waals surface area contributed by atoms with E-state index < -0.39 is 11.9 Å². The standard InChI is InChI=1S/C14H16N2O4/c1-4-19-13(17)9-8-11-10(6-7-16(11)3)15-12(9)14(18)20-5-2/h6-8H,4-5H2,1-3H3. The number of nitrogens with zero attached hydrogens (tertiary/aromatic N) is 2. The van der Waals surface area contributed by atoms with Gasteiger partial charge in [-0.25, -0.2) is 14.6 Å². The van der Waals surface area contributed by atoms with Crippen LogP contribution in [0.25, 0.3) is 11.0 Å². The summed E-state index contributed by atoms with van der Waals surface area (Å²) in [4.78, 5) is 28.1. The van der Waals surface area contributed by atoms with Crippen LogP contribution in [0.5, 0.6) is 0 Å². The number of hydrogen-bond acceptors (Lipinski definition) is 5. The summed E-state index contributed by atoms with van der Waals surface area (Å²) in [6.45, 7) is 3.85. The second-order valence-electron chi connectivity index (χ2n) is 4.16. The van der Waals surface area contributed by atoms with Crippen molar-refractivity contribution in [2.45, 2.75) is 13.8 Å². The van der Waals surface area contributed by atoms with Gasteiger partial charge in [0.1, 0.15) is 0 Å². The van der Waals surface area contributed by atoms with Crippen LogP contribution in [-0.2, 0) is 16.5 Å². The highest BCUT2D eigenvalue weighted by Crippen LogP contribution is 2.19. The number of carbonyl (C=O) groups is 2. The van der Waals surface area contributed by atoms with Gasteiger partial charge in [-0.15, -0.1) is 0 Å². The van der Waals surface area contributed by atoms with Crippen LogP contribution in [0.3, 0.4) is 0 Å². The minimum atomic E-state index is -0.624. The average Bonchev–Trinajstić information content (AvgIpc) is 2.79. The Kier molecular flexibility index (Phi) is 4.02. The summed E-state index contributed by atoms with van der Waals surface area (Å²) in [5, 5.41) is 0. The Balaban J connectivity index is 2.59. The zero-order chi connectivity index (χ0) is 14.7. The molecule has 0 saturated carbocycles. The lowest BCUT2D eigenvalue weighted by Crippen LogP contribution is -2.16. The van der Waals surface area contributed by atoms with E-state index in [-0.39, 0.29) is 24.5 Å². The highest BCUT2D eigenvalue weighted by atomic mass is 16.5. The first kappa shape index (κ1) is 14.0. The Labute approximate surface area is 116 Å². The summed E-state index contributed by atoms with van der Waals surface area (Å²) in [5.41, 5.74) is 1.49. The van der Waals surface area contributed by atoms with Gasteiger partial charge < -0.3 is 14.0 Å². The van der Waals surface area contributed by atoms with Crippen molar-refractivity contribution in [1.82, 2.24) is 9.55 Å². The molecule has 0 aliphatic heterocycles. The van der Waals surface area contributed by atoms with E-state index in [4.69, 9.17) is 9.47 Å². The van der Waals surface area contributed by atoms with Gasteiger partial charge in [0.05, 0.1) is 29.8 Å². The smallest absolute Gasteiger partial charge is 0.357 e. The molecule has 2 rings (SSSR count). The molecule has 0 N–H and O–H groups in total. The highest BCUT2D eigenvalue weighted by molar-refractivity contribution is 6.04. The van der Waals surface area contributed by atoms with Crippen molar-refractivity contribution in [3.8, 4) is 0 Å². The van der Waals surface area contributed by atoms with Crippen molar-refractivity contribution in [3.63, 3.8) is 0 Å². The maximum atomic E-state index is 12.0. The molecule has 0 amide bonds. The molecule has 0 saturated heterocycles. The lowest BCUT2D eigenvalue weighted by Gasteiger charge is -2.08. The molecule has 6 nitrogen and oxygen atoms in total. The summed E-state index contributed by atoms with van der Waals surface area (Å²) in [5.74, 6) is -1.20. The summed E-state index contributed by atoms with van der Waals surface area (Å²) in [7, 11) is 1.84. The molecule has 20 heavy (non-hydrogen) atoms. The Morgan fingerprint density at radius 2 is 1.85 bits per heavy atom. The molecule has 0 aromatic carbocycles. The number of rotatable bonds is 4. The fraction of sp³-hybridized carbons (Fsp3) is 0.357. The van der Waals surface area contributed by atoms with Gasteiger partial charge in [-0.2, -0.15) is 0 Å². The fourth-order valence-electron chi connectivity index (χ4n) is 1.90. The van der Waals surface area contributed by atoms with Gasteiger partial charge in [-0.05, 0) is 26.0 Å². The number of aromatic nitrogens is 2. The molecule has 0 atom stereocenters. The van der Waals surface area contributed by atoms with Crippen LogP contribution in [0.15, 0.2) is 18.3 Å². The van der Waals surface area contributed by atoms with E-state index in [1.807, 2.05) is 17.8 Å². The third-order valence-corrected chi connectivity index (χ3v) is 2.83. The third-order valence-electron chi connectivity index (χ3n) is 2.83. The van der Waals surface area contributed by atoms with Gasteiger partial charge >= 0.3 is 11.9 Å². The molecule has 106 valence electrons. The summed E-state index contributed by atoms with van der Waals surface area (Å²) >= 11 is 0. The van der Waals surface area contributed by atoms with Crippen LogP contribution >= 0.6 is 0 Å². The minimum Gasteiger partial charge on any atom is -0.462 e. The fourth-order valence-corrected chi connectivity index (χ4v) is 1.90. The number of esters is 2. The van der Waals surface area contributed by atoms with E-state index >= 15 is 0 Å². The molecule has 0 radical (unpaired) electrons. The minimum absolute atomic E-state index is 0.0102. The zero-order valence-electron chi connectivity index (χ0n) is 11.7. The average molecular weight is 276 g/mol. The number of ether oxygens (including phenoxy) is 2. The highest BCUT2D eigenvalue weighted by Gasteiger charge is 2.22. The predicted octanol–water partition coefficient (Wildman–Crippen LogP) is 1.93. The van der Waals surface area contributed by atoms with Crippen LogP contribution in [-0.4, -0.2) is 34.7 Å². The van der Waals surface area contributed by atoms with Crippen molar-refractivity contribution >= 4 is 23.0 Å². The normalized spacial score (nSPS) is 10.6. The summed E-state index contributed by atoms with van der Waals surface area (Å²) in [6.07, 6.45) is 1.81. The largest absolute Gasteiger partial charge is 0.462 e. The van der Waals surface area contributed by atoms with Gasteiger partial charge in [0.2, 0.25) is 0 Å². The lowest BCUT2D eigenvalue weighted by atomic mass is 10.1. The molecule has 2 aromatic rings. The Hall–Kier alpha value is -2.37. The Morgan fingerprint density at radius 3 is 2.50 bits per heavy atom. The number of pyridine rings is 1. The van der Waals surface area contributed by atoms with Gasteiger partial charge in [0, 0.05) is 13.2 Å². The number of carbonyl (C=O) groups excluding carboxylic acids is 2. The van der Waals surface area contributed by atoms with Gasteiger partial charge in [-0.1, -0.05) is 0 Å². The molecule has 0 aliphatic carbocycles. The second kappa shape index (κ2) is 5.73. The van der Waals surface area contributed by atoms with Crippen molar-refractivity contribution in [1.29, 1.82) is 0 Å². The van der Waals surface area contributed by atoms with Crippen LogP contribution in [0.1, 0.15) is 34.7 Å². The molecule has 0 spiro atoms. The molecular weight excluding hydrogens is 260 g/mol. The van der Waals surface area contributed by atoms with Crippen LogP contribution in [0.4, 0.5) is 0 Å². The predicted molar refractivity (Wildman–Crippen MR) is 72.6 cm³/mol. The van der Waals surface area contributed by atoms with Gasteiger partial charge in [0.25, 0.3) is 0 Å². The molecule has 2 aromatic heterocycles. The molecule has 2 heterocycles. The first-order chi connectivity index (χ1) is 9.58. The maximum absolute atomic E-state index is 12.0. The van der Waals surface area contributed by atoms with Crippen molar-refractivity contribution in [2.75, 3.05) is 13.2 Å². The molecule has 0 bridgehead atoms. The molecule has 0 unspecified atom stereocenters. The second-order valence-corrected chi connectivity index (χ2v) is 4.16. The molecule has 6 heteroatoms. The number of fused-ring (bicyclic) bond motifs is 1.